The summed E-state index contributed by atoms with van der Waals surface area (Å²) >= 11 is 0. The number of halogens is 2. The van der Waals surface area contributed by atoms with Crippen molar-refractivity contribution in [2.75, 3.05) is 13.2 Å². The molecule has 2 atom stereocenters. The zero-order valence-electron chi connectivity index (χ0n) is 18.7. The van der Waals surface area contributed by atoms with Gasteiger partial charge in [0.2, 0.25) is 5.82 Å². The lowest BCUT2D eigenvalue weighted by molar-refractivity contribution is -0.000942. The molecule has 0 N–H and O–H groups in total. The van der Waals surface area contributed by atoms with E-state index in [9.17, 15) is 8.78 Å². The predicted molar refractivity (Wildman–Crippen MR) is 118 cm³/mol. The average molecular weight is 421 g/mol. The third-order valence-electron chi connectivity index (χ3n) is 6.84. The molecule has 1 saturated heterocycles. The summed E-state index contributed by atoms with van der Waals surface area (Å²) < 4.78 is 39.7. The van der Waals surface area contributed by atoms with E-state index in [1.165, 1.54) is 44.6 Å². The highest BCUT2D eigenvalue weighted by molar-refractivity contribution is 5.33. The Morgan fingerprint density at radius 2 is 1.80 bits per heavy atom. The maximum atomic E-state index is 14.4. The molecule has 0 spiro atoms. The molecule has 168 valence electrons. The largest absolute Gasteiger partial charge is 0.491 e. The summed E-state index contributed by atoms with van der Waals surface area (Å²) in [5, 5.41) is 0. The third-order valence-corrected chi connectivity index (χ3v) is 6.84. The summed E-state index contributed by atoms with van der Waals surface area (Å²) in [6, 6.07) is 3.18. The molecule has 0 bridgehead atoms. The Labute approximate surface area is 181 Å². The first-order valence-electron chi connectivity index (χ1n) is 12.0. The van der Waals surface area contributed by atoms with E-state index in [0.29, 0.717) is 18.8 Å². The van der Waals surface area contributed by atoms with Gasteiger partial charge in [-0.25, -0.2) is 4.39 Å². The van der Waals surface area contributed by atoms with Gasteiger partial charge in [-0.1, -0.05) is 38.0 Å². The summed E-state index contributed by atoms with van der Waals surface area (Å²) in [7, 11) is 0. The molecule has 2 unspecified atom stereocenters. The van der Waals surface area contributed by atoms with Crippen LogP contribution in [0.2, 0.25) is 0 Å². The number of allylic oxidation sites excluding steroid dienone is 2. The zero-order valence-corrected chi connectivity index (χ0v) is 18.7. The summed E-state index contributed by atoms with van der Waals surface area (Å²) in [5.74, 6) is -0.0570. The number of hydrogen-bond acceptors (Lipinski definition) is 2. The molecule has 1 saturated carbocycles. The fraction of sp³-hybridized carbons (Fsp3) is 0.692. The molecule has 1 aliphatic heterocycles. The van der Waals surface area contributed by atoms with E-state index < -0.39 is 11.6 Å². The Kier molecular flexibility index (Phi) is 9.17. The van der Waals surface area contributed by atoms with Gasteiger partial charge in [0.15, 0.2) is 11.6 Å². The quantitative estimate of drug-likeness (QED) is 0.384. The van der Waals surface area contributed by atoms with Crippen molar-refractivity contribution in [3.05, 3.63) is 41.5 Å². The van der Waals surface area contributed by atoms with Crippen molar-refractivity contribution in [3.63, 3.8) is 0 Å². The van der Waals surface area contributed by atoms with E-state index in [-0.39, 0.29) is 17.8 Å². The van der Waals surface area contributed by atoms with E-state index >= 15 is 0 Å². The Balaban J connectivity index is 1.39. The molecule has 1 aromatic rings. The number of hydrogen-bond donors (Lipinski definition) is 0. The Morgan fingerprint density at radius 3 is 2.47 bits per heavy atom. The highest BCUT2D eigenvalue weighted by atomic mass is 19.2. The lowest BCUT2D eigenvalue weighted by Crippen LogP contribution is -2.25. The van der Waals surface area contributed by atoms with Crippen LogP contribution in [0.3, 0.4) is 0 Å². The number of benzene rings is 1. The second kappa shape index (κ2) is 11.8. The Morgan fingerprint density at radius 1 is 1.00 bits per heavy atom. The van der Waals surface area contributed by atoms with Crippen molar-refractivity contribution < 1.29 is 18.3 Å². The average Bonchev–Trinajstić information content (AvgIpc) is 2.77. The SMILES string of the molecule is CCCC1CCC(/C=C/CCC2CCC(c3ccc(OCC)c(F)c3F)CO2)CC1. The molecule has 0 aromatic heterocycles. The van der Waals surface area contributed by atoms with Crippen molar-refractivity contribution in [3.8, 4) is 5.75 Å². The van der Waals surface area contributed by atoms with E-state index in [4.69, 9.17) is 9.47 Å². The number of rotatable bonds is 9. The second-order valence-electron chi connectivity index (χ2n) is 9.02. The van der Waals surface area contributed by atoms with Crippen LogP contribution in [-0.2, 0) is 4.74 Å². The summed E-state index contributed by atoms with van der Waals surface area (Å²) in [6.07, 6.45) is 16.9. The maximum absolute atomic E-state index is 14.4. The van der Waals surface area contributed by atoms with Gasteiger partial charge in [-0.05, 0) is 81.8 Å². The first-order chi connectivity index (χ1) is 14.6. The first kappa shape index (κ1) is 23.2. The van der Waals surface area contributed by atoms with Gasteiger partial charge in [0.25, 0.3) is 0 Å². The van der Waals surface area contributed by atoms with Crippen LogP contribution in [0.1, 0.15) is 89.5 Å². The highest BCUT2D eigenvalue weighted by Crippen LogP contribution is 2.35. The van der Waals surface area contributed by atoms with Gasteiger partial charge in [-0.15, -0.1) is 0 Å². The van der Waals surface area contributed by atoms with Crippen LogP contribution in [0.15, 0.2) is 24.3 Å². The first-order valence-corrected chi connectivity index (χ1v) is 12.0. The van der Waals surface area contributed by atoms with Crippen LogP contribution in [0, 0.1) is 23.5 Å². The van der Waals surface area contributed by atoms with Gasteiger partial charge in [0, 0.05) is 5.92 Å². The van der Waals surface area contributed by atoms with Crippen LogP contribution in [0.4, 0.5) is 8.78 Å². The smallest absolute Gasteiger partial charge is 0.200 e. The Bertz CT molecular complexity index is 672. The van der Waals surface area contributed by atoms with Crippen molar-refractivity contribution >= 4 is 0 Å². The van der Waals surface area contributed by atoms with Crippen LogP contribution >= 0.6 is 0 Å². The van der Waals surface area contributed by atoms with Gasteiger partial charge < -0.3 is 9.47 Å². The molecule has 4 heteroatoms. The van der Waals surface area contributed by atoms with E-state index in [1.54, 1.807) is 13.0 Å². The number of ether oxygens (including phenoxy) is 2. The molecule has 2 aliphatic rings. The topological polar surface area (TPSA) is 18.5 Å². The van der Waals surface area contributed by atoms with Gasteiger partial charge in [-0.2, -0.15) is 4.39 Å². The minimum atomic E-state index is -0.884. The molecule has 1 aromatic carbocycles. The van der Waals surface area contributed by atoms with Crippen LogP contribution in [0.25, 0.3) is 0 Å². The Hall–Kier alpha value is -1.42. The lowest BCUT2D eigenvalue weighted by Gasteiger charge is -2.29. The molecule has 1 aliphatic carbocycles. The monoisotopic (exact) mass is 420 g/mol. The van der Waals surface area contributed by atoms with E-state index in [0.717, 1.165) is 37.5 Å². The van der Waals surface area contributed by atoms with Gasteiger partial charge in [0.05, 0.1) is 19.3 Å². The second-order valence-corrected chi connectivity index (χ2v) is 9.02. The van der Waals surface area contributed by atoms with Crippen LogP contribution in [-0.4, -0.2) is 19.3 Å². The minimum Gasteiger partial charge on any atom is -0.491 e. The van der Waals surface area contributed by atoms with Crippen molar-refractivity contribution in [1.82, 2.24) is 0 Å². The molecule has 0 radical (unpaired) electrons. The van der Waals surface area contributed by atoms with Crippen molar-refractivity contribution in [2.45, 2.75) is 90.1 Å². The van der Waals surface area contributed by atoms with Gasteiger partial charge in [-0.3, -0.25) is 0 Å². The van der Waals surface area contributed by atoms with Crippen LogP contribution < -0.4 is 4.74 Å². The van der Waals surface area contributed by atoms with Crippen molar-refractivity contribution in [2.24, 2.45) is 11.8 Å². The van der Waals surface area contributed by atoms with E-state index in [2.05, 4.69) is 19.1 Å². The van der Waals surface area contributed by atoms with Crippen LogP contribution in [0.5, 0.6) is 5.75 Å². The molecule has 30 heavy (non-hydrogen) atoms. The predicted octanol–water partition coefficient (Wildman–Crippen LogP) is 7.57. The molecule has 2 nitrogen and oxygen atoms in total. The molecular weight excluding hydrogens is 382 g/mol. The summed E-state index contributed by atoms with van der Waals surface area (Å²) in [4.78, 5) is 0. The lowest BCUT2D eigenvalue weighted by atomic mass is 9.80. The maximum Gasteiger partial charge on any atom is 0.200 e. The van der Waals surface area contributed by atoms with Crippen molar-refractivity contribution in [1.29, 1.82) is 0 Å². The normalized spacial score (nSPS) is 27.5. The fourth-order valence-electron chi connectivity index (χ4n) is 5.06. The zero-order chi connectivity index (χ0) is 21.3. The molecule has 3 rings (SSSR count). The van der Waals surface area contributed by atoms with E-state index in [1.807, 2.05) is 0 Å². The molecule has 0 amide bonds. The standard InChI is InChI=1S/C26H38F2O2/c1-3-7-19-10-12-20(13-11-19)8-5-6-9-22-15-14-21(18-30-22)23-16-17-24(29-4-2)26(28)25(23)27/h5,8,16-17,19-22H,3-4,6-7,9-15,18H2,1-2H3/b8-5+. The molecule has 1 heterocycles. The fourth-order valence-corrected chi connectivity index (χ4v) is 5.06. The minimum absolute atomic E-state index is 0.0148. The summed E-state index contributed by atoms with van der Waals surface area (Å²) in [6.45, 7) is 4.82. The molecule has 2 fully saturated rings. The van der Waals surface area contributed by atoms with Gasteiger partial charge >= 0.3 is 0 Å². The molecular formula is C26H38F2O2. The third kappa shape index (κ3) is 6.29. The van der Waals surface area contributed by atoms with Gasteiger partial charge in [0.1, 0.15) is 0 Å². The summed E-state index contributed by atoms with van der Waals surface area (Å²) in [5.41, 5.74) is 0.410. The highest BCUT2D eigenvalue weighted by Gasteiger charge is 2.27.